The number of ether oxygens (including phenoxy) is 1. The number of piperazine rings is 1. The van der Waals surface area contributed by atoms with Crippen LogP contribution in [-0.4, -0.2) is 70.4 Å². The molecule has 4 atom stereocenters. The minimum Gasteiger partial charge on any atom is -0.484 e. The molecule has 12 heteroatoms. The number of aliphatic hydroxyl groups is 1. The summed E-state index contributed by atoms with van der Waals surface area (Å²) in [6.45, 7) is 4.85. The molecule has 1 amide bonds. The summed E-state index contributed by atoms with van der Waals surface area (Å²) in [4.78, 5) is 26.7. The van der Waals surface area contributed by atoms with Gasteiger partial charge in [-0.3, -0.25) is 4.79 Å². The van der Waals surface area contributed by atoms with E-state index in [1.54, 1.807) is 36.1 Å². The zero-order valence-corrected chi connectivity index (χ0v) is 28.2. The molecule has 2 fully saturated rings. The van der Waals surface area contributed by atoms with E-state index in [0.29, 0.717) is 36.7 Å². The summed E-state index contributed by atoms with van der Waals surface area (Å²) >= 11 is 5.99. The highest BCUT2D eigenvalue weighted by Gasteiger charge is 2.44. The highest BCUT2D eigenvalue weighted by Crippen LogP contribution is 2.37. The monoisotopic (exact) mass is 699 g/mol. The number of amides is 1. The number of carboxylic acid groups (broad SMARTS) is 1. The second-order valence-electron chi connectivity index (χ2n) is 12.8. The van der Waals surface area contributed by atoms with Gasteiger partial charge in [0.15, 0.2) is 17.4 Å². The summed E-state index contributed by atoms with van der Waals surface area (Å²) in [5, 5.41) is 27.2. The second kappa shape index (κ2) is 16.2. The highest BCUT2D eigenvalue weighted by molar-refractivity contribution is 6.31. The lowest BCUT2D eigenvalue weighted by Gasteiger charge is -2.47. The van der Waals surface area contributed by atoms with Crippen molar-refractivity contribution in [3.63, 3.8) is 0 Å². The Morgan fingerprint density at radius 1 is 1.02 bits per heavy atom. The van der Waals surface area contributed by atoms with Crippen LogP contribution in [0.1, 0.15) is 56.2 Å². The van der Waals surface area contributed by atoms with Crippen LogP contribution in [0.25, 0.3) is 5.57 Å². The lowest BCUT2D eigenvalue weighted by molar-refractivity contribution is -0.140. The first-order chi connectivity index (χ1) is 23.4. The van der Waals surface area contributed by atoms with Gasteiger partial charge in [-0.1, -0.05) is 54.1 Å². The molecule has 1 unspecified atom stereocenters. The third-order valence-electron chi connectivity index (χ3n) is 8.80. The van der Waals surface area contributed by atoms with Gasteiger partial charge in [0.1, 0.15) is 6.10 Å². The molecule has 2 aliphatic heterocycles. The minimum absolute atomic E-state index is 0.0758. The van der Waals surface area contributed by atoms with Gasteiger partial charge in [-0.05, 0) is 73.6 Å². The van der Waals surface area contributed by atoms with Gasteiger partial charge in [0.05, 0.1) is 24.1 Å². The number of fused-ring (bicyclic) bond motifs is 2. The smallest absolute Gasteiger partial charge is 0.334 e. The van der Waals surface area contributed by atoms with Crippen molar-refractivity contribution in [2.75, 3.05) is 13.1 Å². The molecule has 4 N–H and O–H groups in total. The molecule has 1 saturated heterocycles. The van der Waals surface area contributed by atoms with Crippen LogP contribution in [0.15, 0.2) is 66.2 Å². The number of benzene rings is 3. The molecule has 2 heterocycles. The Kier molecular flexibility index (Phi) is 12.0. The number of hydrogen-bond donors (Lipinski definition) is 4. The predicted molar refractivity (Wildman–Crippen MR) is 181 cm³/mol. The second-order valence-corrected chi connectivity index (χ2v) is 13.2. The van der Waals surface area contributed by atoms with Gasteiger partial charge in [-0.15, -0.1) is 0 Å². The van der Waals surface area contributed by atoms with Crippen molar-refractivity contribution >= 4 is 29.1 Å². The zero-order valence-electron chi connectivity index (χ0n) is 27.4. The summed E-state index contributed by atoms with van der Waals surface area (Å²) in [7, 11) is 0. The van der Waals surface area contributed by atoms with E-state index in [4.69, 9.17) is 16.3 Å². The molecule has 6 rings (SSSR count). The van der Waals surface area contributed by atoms with E-state index in [1.807, 2.05) is 18.2 Å². The average Bonchev–Trinajstić information content (AvgIpc) is 3.89. The summed E-state index contributed by atoms with van der Waals surface area (Å²) in [5.41, 5.74) is 3.47. The molecule has 2 bridgehead atoms. The first-order valence-corrected chi connectivity index (χ1v) is 16.8. The maximum Gasteiger partial charge on any atom is 0.334 e. The topological polar surface area (TPSA) is 111 Å². The summed E-state index contributed by atoms with van der Waals surface area (Å²) in [6, 6.07) is 16.4. The Morgan fingerprint density at radius 2 is 1.71 bits per heavy atom. The Balaban J connectivity index is 0.000000325. The number of aliphatic hydroxyl groups excluding tert-OH is 1. The van der Waals surface area contributed by atoms with Crippen LogP contribution in [0.4, 0.5) is 13.2 Å². The average molecular weight is 700 g/mol. The minimum atomic E-state index is -1.38. The summed E-state index contributed by atoms with van der Waals surface area (Å²) in [5.74, 6) is -5.73. The van der Waals surface area contributed by atoms with Crippen LogP contribution in [-0.2, 0) is 22.6 Å². The van der Waals surface area contributed by atoms with Gasteiger partial charge in [-0.2, -0.15) is 4.39 Å². The van der Waals surface area contributed by atoms with Crippen molar-refractivity contribution in [3.05, 3.63) is 105 Å². The van der Waals surface area contributed by atoms with Crippen LogP contribution in [0, 0.1) is 17.5 Å². The fourth-order valence-electron chi connectivity index (χ4n) is 6.29. The molecular formula is C37H41ClF3N3O5. The van der Waals surface area contributed by atoms with Gasteiger partial charge in [-0.25, -0.2) is 13.6 Å². The number of rotatable bonds is 11. The van der Waals surface area contributed by atoms with Crippen molar-refractivity contribution in [2.45, 2.75) is 82.8 Å². The van der Waals surface area contributed by atoms with E-state index in [1.165, 1.54) is 25.3 Å². The molecule has 262 valence electrons. The van der Waals surface area contributed by atoms with Crippen LogP contribution in [0.2, 0.25) is 5.02 Å². The van der Waals surface area contributed by atoms with Gasteiger partial charge in [0.2, 0.25) is 11.7 Å². The molecule has 8 nitrogen and oxygen atoms in total. The molecule has 1 aliphatic carbocycles. The Hall–Kier alpha value is -3.90. The first kappa shape index (κ1) is 36.4. The Morgan fingerprint density at radius 3 is 2.37 bits per heavy atom. The molecule has 3 aromatic carbocycles. The first-order valence-electron chi connectivity index (χ1n) is 16.4. The number of nitrogens with zero attached hydrogens (tertiary/aromatic N) is 1. The lowest BCUT2D eigenvalue weighted by atomic mass is 9.82. The maximum atomic E-state index is 13.9. The van der Waals surface area contributed by atoms with Gasteiger partial charge < -0.3 is 30.5 Å². The van der Waals surface area contributed by atoms with Crippen molar-refractivity contribution < 1.29 is 37.7 Å². The van der Waals surface area contributed by atoms with Gasteiger partial charge in [0, 0.05) is 43.2 Å². The molecule has 0 radical (unpaired) electrons. The van der Waals surface area contributed by atoms with Crippen LogP contribution in [0.3, 0.4) is 0 Å². The Bertz CT molecular complexity index is 1680. The molecule has 0 aromatic heterocycles. The van der Waals surface area contributed by atoms with Crippen LogP contribution >= 0.6 is 11.6 Å². The van der Waals surface area contributed by atoms with Crippen molar-refractivity contribution in [2.24, 2.45) is 0 Å². The van der Waals surface area contributed by atoms with Crippen molar-refractivity contribution in [3.8, 4) is 5.75 Å². The number of aliphatic carboxylic acids is 1. The number of nitrogens with one attached hydrogen (secondary N) is 2. The van der Waals surface area contributed by atoms with Crippen LogP contribution in [0.5, 0.6) is 5.75 Å². The Labute approximate surface area is 288 Å². The largest absolute Gasteiger partial charge is 0.484 e. The van der Waals surface area contributed by atoms with E-state index in [-0.39, 0.29) is 30.4 Å². The van der Waals surface area contributed by atoms with Gasteiger partial charge >= 0.3 is 5.97 Å². The molecule has 3 aliphatic rings. The van der Waals surface area contributed by atoms with Crippen molar-refractivity contribution in [1.82, 2.24) is 15.5 Å². The fraction of sp³-hybridized carbons (Fsp3) is 0.405. The van der Waals surface area contributed by atoms with E-state index in [0.717, 1.165) is 29.2 Å². The molecule has 49 heavy (non-hydrogen) atoms. The third kappa shape index (κ3) is 9.21. The number of hydrogen-bond acceptors (Lipinski definition) is 6. The number of carboxylic acids is 1. The quantitative estimate of drug-likeness (QED) is 0.185. The third-order valence-corrected chi connectivity index (χ3v) is 9.16. The molecule has 3 aromatic rings. The standard InChI is InChI=1S/C27H29F3N2O5.C10H12ClN/c1-14(33)9-23(34)32-18-11-19(24(27(35)36)22(32)13-31-12-18)17-5-3-16(4-6-17)10-15(2)37-26-21(29)8-7-20(28)25(26)30;11-10-4-2-1-3-8(10)7-12-9-5-6-9/h3-8,14-15,18,22,31,33H,9-13H2,1-2H3,(H,35,36);1-4,9,12H,5-7H2/t14-,15?,18+,22+;/m0./s1. The van der Waals surface area contributed by atoms with Gasteiger partial charge in [0.25, 0.3) is 0 Å². The number of halogens is 4. The number of carbonyl (C=O) groups is 2. The summed E-state index contributed by atoms with van der Waals surface area (Å²) in [6.07, 6.45) is 1.69. The summed E-state index contributed by atoms with van der Waals surface area (Å²) < 4.78 is 46.6. The predicted octanol–water partition coefficient (Wildman–Crippen LogP) is 5.89. The van der Waals surface area contributed by atoms with E-state index < -0.39 is 47.4 Å². The number of carbonyl (C=O) groups excluding carboxylic acids is 1. The molecular weight excluding hydrogens is 659 g/mol. The van der Waals surface area contributed by atoms with Crippen LogP contribution < -0.4 is 15.4 Å². The normalized spacial score (nSPS) is 19.9. The molecule has 0 spiro atoms. The van der Waals surface area contributed by atoms with E-state index in [2.05, 4.69) is 16.7 Å². The van der Waals surface area contributed by atoms with E-state index in [9.17, 15) is 33.0 Å². The SMILES string of the molecule is CC(Cc1ccc(C2=C(C(=O)O)[C@H]3CNC[C@@H](C2)N3C(=O)C[C@H](C)O)cc1)Oc1c(F)ccc(F)c1F.Clc1ccccc1CNC1CC1. The lowest BCUT2D eigenvalue weighted by Crippen LogP contribution is -2.63. The maximum absolute atomic E-state index is 13.9. The van der Waals surface area contributed by atoms with E-state index >= 15 is 0 Å². The highest BCUT2D eigenvalue weighted by atomic mass is 35.5. The fourth-order valence-corrected chi connectivity index (χ4v) is 6.50. The zero-order chi connectivity index (χ0) is 35.2. The molecule has 1 saturated carbocycles. The van der Waals surface area contributed by atoms with Crippen molar-refractivity contribution in [1.29, 1.82) is 0 Å².